The van der Waals surface area contributed by atoms with Crippen molar-refractivity contribution in [2.75, 3.05) is 0 Å². The Morgan fingerprint density at radius 2 is 1.93 bits per heavy atom. The molecule has 0 N–H and O–H groups in total. The summed E-state index contributed by atoms with van der Waals surface area (Å²) in [5, 5.41) is 0. The highest BCUT2D eigenvalue weighted by Gasteiger charge is 2.03. The van der Waals surface area contributed by atoms with Gasteiger partial charge in [-0.2, -0.15) is 0 Å². The summed E-state index contributed by atoms with van der Waals surface area (Å²) in [5.41, 5.74) is 1.62. The third kappa shape index (κ3) is 6.05. The lowest BCUT2D eigenvalue weighted by atomic mass is 9.96. The van der Waals surface area contributed by atoms with E-state index in [0.29, 0.717) is 11.5 Å². The van der Waals surface area contributed by atoms with Crippen molar-refractivity contribution >= 4 is 5.78 Å². The highest BCUT2D eigenvalue weighted by atomic mass is 16.1. The van der Waals surface area contributed by atoms with Gasteiger partial charge in [0.15, 0.2) is 5.78 Å². The number of hydrogen-bond donors (Lipinski definition) is 0. The fourth-order valence-electron chi connectivity index (χ4n) is 1.18. The first kappa shape index (κ1) is 13.9. The molecule has 0 radical (unpaired) electrons. The highest BCUT2D eigenvalue weighted by molar-refractivity contribution is 5.95. The summed E-state index contributed by atoms with van der Waals surface area (Å²) >= 11 is 0. The lowest BCUT2D eigenvalue weighted by Crippen LogP contribution is -1.97. The van der Waals surface area contributed by atoms with Gasteiger partial charge in [0.05, 0.1) is 0 Å². The number of carbonyl (C=O) groups is 1. The molecule has 0 heterocycles. The lowest BCUT2D eigenvalue weighted by molar-refractivity contribution is -0.113. The van der Waals surface area contributed by atoms with Crippen molar-refractivity contribution in [2.45, 2.75) is 40.0 Å². The summed E-state index contributed by atoms with van der Waals surface area (Å²) in [7, 11) is 0. The number of rotatable bonds is 7. The van der Waals surface area contributed by atoms with E-state index < -0.39 is 0 Å². The summed E-state index contributed by atoms with van der Waals surface area (Å²) < 4.78 is 0. The van der Waals surface area contributed by atoms with Crippen molar-refractivity contribution in [2.24, 2.45) is 5.92 Å². The van der Waals surface area contributed by atoms with Gasteiger partial charge in [0.1, 0.15) is 0 Å². The van der Waals surface area contributed by atoms with Crippen LogP contribution in [0.25, 0.3) is 0 Å². The Kier molecular flexibility index (Phi) is 6.68. The van der Waals surface area contributed by atoms with Crippen LogP contribution in [0.4, 0.5) is 0 Å². The first-order chi connectivity index (χ1) is 6.99. The minimum absolute atomic E-state index is 0.0141. The van der Waals surface area contributed by atoms with Crippen LogP contribution in [-0.2, 0) is 4.79 Å². The largest absolute Gasteiger partial charge is 0.295 e. The van der Waals surface area contributed by atoms with E-state index >= 15 is 0 Å². The Bertz CT molecular complexity index is 271. The predicted octanol–water partition coefficient (Wildman–Crippen LogP) is 4.07. The van der Waals surface area contributed by atoms with Gasteiger partial charge in [0.25, 0.3) is 0 Å². The maximum atomic E-state index is 10.9. The van der Waals surface area contributed by atoms with Gasteiger partial charge >= 0.3 is 0 Å². The molecule has 84 valence electrons. The molecule has 0 aromatic heterocycles. The van der Waals surface area contributed by atoms with Crippen molar-refractivity contribution in [1.82, 2.24) is 0 Å². The van der Waals surface area contributed by atoms with Crippen molar-refractivity contribution in [1.29, 1.82) is 0 Å². The van der Waals surface area contributed by atoms with Gasteiger partial charge in [-0.15, -0.1) is 0 Å². The molecule has 0 rings (SSSR count). The summed E-state index contributed by atoms with van der Waals surface area (Å²) in [5.74, 6) is 0.501. The molecule has 0 fully saturated rings. The highest BCUT2D eigenvalue weighted by Crippen LogP contribution is 2.17. The topological polar surface area (TPSA) is 17.1 Å². The number of unbranched alkanes of at least 4 members (excludes halogenated alkanes) is 1. The van der Waals surface area contributed by atoms with Gasteiger partial charge in [-0.05, 0) is 19.3 Å². The second kappa shape index (κ2) is 7.22. The monoisotopic (exact) mass is 206 g/mol. The molecule has 0 bridgehead atoms. The molecule has 0 spiro atoms. The third-order valence-corrected chi connectivity index (χ3v) is 2.57. The van der Waals surface area contributed by atoms with Gasteiger partial charge < -0.3 is 0 Å². The molecule has 1 nitrogen and oxygen atoms in total. The Hall–Kier alpha value is -1.11. The van der Waals surface area contributed by atoms with E-state index in [0.717, 1.165) is 12.0 Å². The SMILES string of the molecule is C=C(/C=C\C(=C)C(C)CCCC)C(C)=O. The summed E-state index contributed by atoms with van der Waals surface area (Å²) in [4.78, 5) is 10.9. The Balaban J connectivity index is 4.12. The summed E-state index contributed by atoms with van der Waals surface area (Å²) in [6.07, 6.45) is 7.26. The van der Waals surface area contributed by atoms with E-state index in [9.17, 15) is 4.79 Å². The van der Waals surface area contributed by atoms with Crippen LogP contribution in [0.2, 0.25) is 0 Å². The maximum Gasteiger partial charge on any atom is 0.159 e. The molecule has 0 saturated carbocycles. The molecule has 15 heavy (non-hydrogen) atoms. The van der Waals surface area contributed by atoms with E-state index in [1.807, 2.05) is 6.08 Å². The fraction of sp³-hybridized carbons (Fsp3) is 0.500. The van der Waals surface area contributed by atoms with Gasteiger partial charge in [-0.1, -0.05) is 57.6 Å². The fourth-order valence-corrected chi connectivity index (χ4v) is 1.18. The summed E-state index contributed by atoms with van der Waals surface area (Å²) in [6, 6.07) is 0. The van der Waals surface area contributed by atoms with Crippen molar-refractivity contribution in [3.63, 3.8) is 0 Å². The molecular formula is C14H22O. The molecule has 0 saturated heterocycles. The van der Waals surface area contributed by atoms with E-state index in [4.69, 9.17) is 0 Å². The van der Waals surface area contributed by atoms with Crippen LogP contribution >= 0.6 is 0 Å². The molecular weight excluding hydrogens is 184 g/mol. The minimum atomic E-state index is 0.0141. The average molecular weight is 206 g/mol. The van der Waals surface area contributed by atoms with E-state index in [1.165, 1.54) is 19.8 Å². The first-order valence-electron chi connectivity index (χ1n) is 5.55. The molecule has 0 aromatic carbocycles. The van der Waals surface area contributed by atoms with Crippen LogP contribution in [0.3, 0.4) is 0 Å². The van der Waals surface area contributed by atoms with Crippen molar-refractivity contribution in [3.05, 3.63) is 36.5 Å². The van der Waals surface area contributed by atoms with Crippen LogP contribution in [0.5, 0.6) is 0 Å². The van der Waals surface area contributed by atoms with Crippen molar-refractivity contribution < 1.29 is 4.79 Å². The molecule has 0 amide bonds. The van der Waals surface area contributed by atoms with E-state index in [1.54, 1.807) is 6.08 Å². The van der Waals surface area contributed by atoms with Crippen LogP contribution < -0.4 is 0 Å². The Morgan fingerprint density at radius 3 is 2.40 bits per heavy atom. The molecule has 0 aliphatic rings. The molecule has 1 atom stereocenters. The molecule has 1 heteroatoms. The zero-order chi connectivity index (χ0) is 11.8. The molecule has 0 aliphatic heterocycles. The normalized spacial score (nSPS) is 12.7. The zero-order valence-electron chi connectivity index (χ0n) is 10.2. The number of carbonyl (C=O) groups excluding carboxylic acids is 1. The minimum Gasteiger partial charge on any atom is -0.295 e. The smallest absolute Gasteiger partial charge is 0.159 e. The number of hydrogen-bond acceptors (Lipinski definition) is 1. The maximum absolute atomic E-state index is 10.9. The molecule has 1 unspecified atom stereocenters. The molecule has 0 aliphatic carbocycles. The lowest BCUT2D eigenvalue weighted by Gasteiger charge is -2.10. The predicted molar refractivity (Wildman–Crippen MR) is 66.8 cm³/mol. The van der Waals surface area contributed by atoms with Crippen LogP contribution in [0.15, 0.2) is 36.5 Å². The first-order valence-corrected chi connectivity index (χ1v) is 5.55. The number of allylic oxidation sites excluding steroid dienone is 4. The summed E-state index contributed by atoms with van der Waals surface area (Å²) in [6.45, 7) is 13.5. The standard InChI is InChI=1S/C14H22O/c1-6-7-8-11(2)12(3)9-10-13(4)14(5)15/h9-11H,3-4,6-8H2,1-2,5H3/b10-9-. The number of ketones is 1. The molecule has 0 aromatic rings. The van der Waals surface area contributed by atoms with Crippen LogP contribution in [0.1, 0.15) is 40.0 Å². The average Bonchev–Trinajstić information content (AvgIpc) is 2.21. The van der Waals surface area contributed by atoms with Crippen LogP contribution in [0, 0.1) is 5.92 Å². The quantitative estimate of drug-likeness (QED) is 0.453. The van der Waals surface area contributed by atoms with Gasteiger partial charge in [-0.25, -0.2) is 0 Å². The second-order valence-electron chi connectivity index (χ2n) is 4.03. The second-order valence-corrected chi connectivity index (χ2v) is 4.03. The van der Waals surface area contributed by atoms with E-state index in [2.05, 4.69) is 27.0 Å². The van der Waals surface area contributed by atoms with Crippen LogP contribution in [-0.4, -0.2) is 5.78 Å². The Labute approximate surface area is 93.6 Å². The van der Waals surface area contributed by atoms with Gasteiger partial charge in [0.2, 0.25) is 0 Å². The van der Waals surface area contributed by atoms with Gasteiger partial charge in [0, 0.05) is 5.57 Å². The zero-order valence-corrected chi connectivity index (χ0v) is 10.2. The third-order valence-electron chi connectivity index (χ3n) is 2.57. The van der Waals surface area contributed by atoms with Gasteiger partial charge in [-0.3, -0.25) is 4.79 Å². The van der Waals surface area contributed by atoms with E-state index in [-0.39, 0.29) is 5.78 Å². The number of Topliss-reactive ketones (excluding diaryl/α,β-unsaturated/α-hetero) is 1. The van der Waals surface area contributed by atoms with Crippen molar-refractivity contribution in [3.8, 4) is 0 Å². The Morgan fingerprint density at radius 1 is 1.33 bits per heavy atom.